The molecule has 1 amide bonds. The van der Waals surface area contributed by atoms with Gasteiger partial charge in [0.1, 0.15) is 0 Å². The van der Waals surface area contributed by atoms with Gasteiger partial charge in [-0.2, -0.15) is 4.31 Å². The minimum Gasteiger partial charge on any atom is -0.337 e. The fourth-order valence-corrected chi connectivity index (χ4v) is 6.09. The van der Waals surface area contributed by atoms with E-state index in [4.69, 9.17) is 0 Å². The summed E-state index contributed by atoms with van der Waals surface area (Å²) < 4.78 is 27.4. The molecule has 0 N–H and O–H groups in total. The van der Waals surface area contributed by atoms with Crippen molar-refractivity contribution in [3.63, 3.8) is 0 Å². The number of carbonyl (C=O) groups excluding carboxylic acids is 1. The summed E-state index contributed by atoms with van der Waals surface area (Å²) in [5.74, 6) is 0.595. The van der Waals surface area contributed by atoms with Crippen LogP contribution in [-0.2, 0) is 16.6 Å². The summed E-state index contributed by atoms with van der Waals surface area (Å²) in [6.45, 7) is 5.82. The number of benzene rings is 1. The van der Waals surface area contributed by atoms with Gasteiger partial charge in [0.15, 0.2) is 0 Å². The van der Waals surface area contributed by atoms with Crippen LogP contribution in [0.2, 0.25) is 0 Å². The lowest BCUT2D eigenvalue weighted by Crippen LogP contribution is -2.42. The quantitative estimate of drug-likeness (QED) is 0.761. The molecule has 1 saturated heterocycles. The Morgan fingerprint density at radius 3 is 2.33 bits per heavy atom. The van der Waals surface area contributed by atoms with E-state index >= 15 is 0 Å². The van der Waals surface area contributed by atoms with E-state index in [-0.39, 0.29) is 10.8 Å². The maximum Gasteiger partial charge on any atom is 0.253 e. The van der Waals surface area contributed by atoms with Crippen LogP contribution < -0.4 is 0 Å². The number of hydrogen-bond acceptors (Lipinski definition) is 4. The number of amides is 1. The Kier molecular flexibility index (Phi) is 6.03. The molecular weight excluding hydrogens is 380 g/mol. The van der Waals surface area contributed by atoms with E-state index in [0.29, 0.717) is 37.0 Å². The Morgan fingerprint density at radius 2 is 1.78 bits per heavy atom. The maximum absolute atomic E-state index is 12.9. The zero-order valence-electron chi connectivity index (χ0n) is 16.0. The van der Waals surface area contributed by atoms with Crippen LogP contribution in [0.4, 0.5) is 0 Å². The Hall–Kier alpha value is -1.70. The van der Waals surface area contributed by atoms with E-state index in [1.54, 1.807) is 51.9 Å². The Bertz CT molecular complexity index is 866. The van der Waals surface area contributed by atoms with Crippen LogP contribution >= 0.6 is 11.3 Å². The highest BCUT2D eigenvalue weighted by Crippen LogP contribution is 2.27. The van der Waals surface area contributed by atoms with Crippen molar-refractivity contribution in [1.82, 2.24) is 9.21 Å². The third-order valence-corrected chi connectivity index (χ3v) is 7.60. The molecule has 0 spiro atoms. The number of carbonyl (C=O) groups is 1. The highest BCUT2D eigenvalue weighted by atomic mass is 32.2. The maximum atomic E-state index is 12.9. The van der Waals surface area contributed by atoms with Crippen LogP contribution in [0.5, 0.6) is 0 Å². The molecule has 2 aromatic rings. The van der Waals surface area contributed by atoms with Crippen LogP contribution in [0.25, 0.3) is 0 Å². The average molecular weight is 407 g/mol. The smallest absolute Gasteiger partial charge is 0.253 e. The molecular formula is C20H26N2O3S2. The summed E-state index contributed by atoms with van der Waals surface area (Å²) in [5.41, 5.74) is 0.494. The van der Waals surface area contributed by atoms with Crippen molar-refractivity contribution < 1.29 is 13.2 Å². The van der Waals surface area contributed by atoms with Crippen LogP contribution in [0, 0.1) is 11.8 Å². The van der Waals surface area contributed by atoms with Gasteiger partial charge in [-0.15, -0.1) is 11.3 Å². The molecule has 1 aromatic carbocycles. The number of hydrogen-bond donors (Lipinski definition) is 0. The molecule has 1 aliphatic rings. The van der Waals surface area contributed by atoms with Gasteiger partial charge in [-0.25, -0.2) is 8.42 Å². The van der Waals surface area contributed by atoms with Gasteiger partial charge in [0.2, 0.25) is 10.0 Å². The number of rotatable bonds is 5. The molecule has 5 nitrogen and oxygen atoms in total. The molecule has 0 unspecified atom stereocenters. The predicted molar refractivity (Wildman–Crippen MR) is 108 cm³/mol. The van der Waals surface area contributed by atoms with E-state index < -0.39 is 10.0 Å². The second kappa shape index (κ2) is 8.12. The second-order valence-corrected chi connectivity index (χ2v) is 10.5. The van der Waals surface area contributed by atoms with Crippen molar-refractivity contribution in [2.45, 2.75) is 31.7 Å². The van der Waals surface area contributed by atoms with Crippen molar-refractivity contribution in [3.05, 3.63) is 52.2 Å². The van der Waals surface area contributed by atoms with Crippen LogP contribution in [0.15, 0.2) is 46.7 Å². The second-order valence-electron chi connectivity index (χ2n) is 7.53. The van der Waals surface area contributed by atoms with Crippen molar-refractivity contribution in [2.75, 3.05) is 20.1 Å². The highest BCUT2D eigenvalue weighted by molar-refractivity contribution is 7.89. The fourth-order valence-electron chi connectivity index (χ4n) is 3.65. The van der Waals surface area contributed by atoms with Gasteiger partial charge in [-0.05, 0) is 54.0 Å². The van der Waals surface area contributed by atoms with Gasteiger partial charge in [-0.3, -0.25) is 4.79 Å². The number of piperidine rings is 1. The molecule has 146 valence electrons. The van der Waals surface area contributed by atoms with Crippen molar-refractivity contribution in [2.24, 2.45) is 11.8 Å². The van der Waals surface area contributed by atoms with Gasteiger partial charge in [0, 0.05) is 30.6 Å². The fraction of sp³-hybridized carbons (Fsp3) is 0.450. The van der Waals surface area contributed by atoms with Gasteiger partial charge in [-0.1, -0.05) is 19.9 Å². The minimum atomic E-state index is -3.52. The third kappa shape index (κ3) is 4.59. The van der Waals surface area contributed by atoms with E-state index in [1.165, 1.54) is 0 Å². The molecule has 0 radical (unpaired) electrons. The molecule has 27 heavy (non-hydrogen) atoms. The molecule has 2 heterocycles. The SMILES string of the molecule is C[C@H]1C[C@H](C)CN(S(=O)(=O)c2ccc(C(=O)N(C)Cc3cccs3)cc2)C1. The lowest BCUT2D eigenvalue weighted by Gasteiger charge is -2.34. The Balaban J connectivity index is 1.73. The van der Waals surface area contributed by atoms with Crippen molar-refractivity contribution >= 4 is 27.3 Å². The van der Waals surface area contributed by atoms with Crippen LogP contribution in [-0.4, -0.2) is 43.7 Å². The van der Waals surface area contributed by atoms with Crippen LogP contribution in [0.1, 0.15) is 35.5 Å². The van der Waals surface area contributed by atoms with Gasteiger partial charge in [0.25, 0.3) is 5.91 Å². The summed E-state index contributed by atoms with van der Waals surface area (Å²) in [4.78, 5) is 15.6. The molecule has 3 rings (SSSR count). The monoisotopic (exact) mass is 406 g/mol. The first kappa shape index (κ1) is 20.0. The average Bonchev–Trinajstić information content (AvgIpc) is 3.13. The molecule has 7 heteroatoms. The summed E-state index contributed by atoms with van der Waals surface area (Å²) in [5, 5.41) is 1.98. The van der Waals surface area contributed by atoms with Crippen molar-refractivity contribution in [3.8, 4) is 0 Å². The summed E-state index contributed by atoms with van der Waals surface area (Å²) in [6.07, 6.45) is 1.05. The van der Waals surface area contributed by atoms with Gasteiger partial charge >= 0.3 is 0 Å². The number of nitrogens with zero attached hydrogens (tertiary/aromatic N) is 2. The lowest BCUT2D eigenvalue weighted by atomic mass is 9.94. The van der Waals surface area contributed by atoms with Gasteiger partial charge in [0.05, 0.1) is 11.4 Å². The summed E-state index contributed by atoms with van der Waals surface area (Å²) in [7, 11) is -1.77. The molecule has 0 saturated carbocycles. The van der Waals surface area contributed by atoms with Gasteiger partial charge < -0.3 is 4.90 Å². The molecule has 0 aliphatic carbocycles. The first-order chi connectivity index (χ1) is 12.8. The molecule has 1 aliphatic heterocycles. The van der Waals surface area contributed by atoms with Crippen LogP contribution in [0.3, 0.4) is 0 Å². The summed E-state index contributed by atoms with van der Waals surface area (Å²) >= 11 is 1.61. The minimum absolute atomic E-state index is 0.118. The standard InChI is InChI=1S/C20H26N2O3S2/c1-15-11-16(2)13-22(12-15)27(24,25)19-8-6-17(7-9-19)20(23)21(3)14-18-5-4-10-26-18/h4-10,15-16H,11-14H2,1-3H3/t15-,16-/m0/s1. The molecule has 0 bridgehead atoms. The topological polar surface area (TPSA) is 57.7 Å². The van der Waals surface area contributed by atoms with Crippen molar-refractivity contribution in [1.29, 1.82) is 0 Å². The third-order valence-electron chi connectivity index (χ3n) is 4.89. The van der Waals surface area contributed by atoms with E-state index in [2.05, 4.69) is 13.8 Å². The number of sulfonamides is 1. The first-order valence-corrected chi connectivity index (χ1v) is 11.5. The molecule has 2 atom stereocenters. The normalized spacial score (nSPS) is 21.1. The zero-order chi connectivity index (χ0) is 19.6. The first-order valence-electron chi connectivity index (χ1n) is 9.15. The molecule has 1 aromatic heterocycles. The summed E-state index contributed by atoms with van der Waals surface area (Å²) in [6, 6.07) is 10.3. The predicted octanol–water partition coefficient (Wildman–Crippen LogP) is 3.69. The Labute approximate surface area is 165 Å². The van der Waals surface area contributed by atoms with E-state index in [9.17, 15) is 13.2 Å². The van der Waals surface area contributed by atoms with E-state index in [0.717, 1.165) is 11.3 Å². The molecule has 1 fully saturated rings. The highest BCUT2D eigenvalue weighted by Gasteiger charge is 2.31. The van der Waals surface area contributed by atoms with E-state index in [1.807, 2.05) is 17.5 Å². The largest absolute Gasteiger partial charge is 0.337 e. The Morgan fingerprint density at radius 1 is 1.15 bits per heavy atom. The zero-order valence-corrected chi connectivity index (χ0v) is 17.6. The number of thiophene rings is 1. The lowest BCUT2D eigenvalue weighted by molar-refractivity contribution is 0.0786.